The number of rotatable bonds is 5. The van der Waals surface area contributed by atoms with Gasteiger partial charge in [-0.25, -0.2) is 13.2 Å². The van der Waals surface area contributed by atoms with E-state index in [-0.39, 0.29) is 15.4 Å². The smallest absolute Gasteiger partial charge is 0.335 e. The average molecular weight is 382 g/mol. The molecule has 0 aliphatic rings. The van der Waals surface area contributed by atoms with E-state index in [0.717, 1.165) is 11.1 Å². The molecule has 3 aromatic rings. The summed E-state index contributed by atoms with van der Waals surface area (Å²) in [6.45, 7) is 3.81. The zero-order valence-corrected chi connectivity index (χ0v) is 15.7. The highest BCUT2D eigenvalue weighted by molar-refractivity contribution is 7.91. The zero-order chi connectivity index (χ0) is 19.6. The SMILES string of the molecule is Cc1ccc(S(=O)(=O)c2ccc(Oc3ccc(C(=O)O)cc3)cc2)cc1C. The molecule has 0 atom stereocenters. The van der Waals surface area contributed by atoms with Crippen LogP contribution in [0.4, 0.5) is 0 Å². The number of carbonyl (C=O) groups is 1. The molecule has 138 valence electrons. The van der Waals surface area contributed by atoms with E-state index < -0.39 is 15.8 Å². The quantitative estimate of drug-likeness (QED) is 0.696. The summed E-state index contributed by atoms with van der Waals surface area (Å²) in [5, 5.41) is 8.90. The van der Waals surface area contributed by atoms with Crippen molar-refractivity contribution in [1.82, 2.24) is 0 Å². The van der Waals surface area contributed by atoms with Crippen molar-refractivity contribution < 1.29 is 23.1 Å². The summed E-state index contributed by atoms with van der Waals surface area (Å²) >= 11 is 0. The number of aromatic carboxylic acids is 1. The number of carboxylic acids is 1. The second kappa shape index (κ2) is 7.25. The van der Waals surface area contributed by atoms with Crippen LogP contribution >= 0.6 is 0 Å². The molecule has 3 aromatic carbocycles. The van der Waals surface area contributed by atoms with Crippen LogP contribution in [0, 0.1) is 13.8 Å². The van der Waals surface area contributed by atoms with E-state index in [1.807, 2.05) is 13.8 Å². The molecular formula is C21H18O5S. The van der Waals surface area contributed by atoms with E-state index >= 15 is 0 Å². The summed E-state index contributed by atoms with van der Waals surface area (Å²) in [6.07, 6.45) is 0. The van der Waals surface area contributed by atoms with Gasteiger partial charge in [0.05, 0.1) is 15.4 Å². The molecule has 1 N–H and O–H groups in total. The second-order valence-electron chi connectivity index (χ2n) is 6.15. The fraction of sp³-hybridized carbons (Fsp3) is 0.0952. The van der Waals surface area contributed by atoms with Crippen LogP contribution in [0.25, 0.3) is 0 Å². The van der Waals surface area contributed by atoms with Gasteiger partial charge in [0.1, 0.15) is 11.5 Å². The molecule has 6 heteroatoms. The molecule has 0 saturated carbocycles. The van der Waals surface area contributed by atoms with Crippen molar-refractivity contribution in [1.29, 1.82) is 0 Å². The molecule has 27 heavy (non-hydrogen) atoms. The van der Waals surface area contributed by atoms with E-state index in [9.17, 15) is 13.2 Å². The summed E-state index contributed by atoms with van der Waals surface area (Å²) in [5.74, 6) is -0.0932. The van der Waals surface area contributed by atoms with Crippen molar-refractivity contribution in [2.24, 2.45) is 0 Å². The third-order valence-electron chi connectivity index (χ3n) is 4.26. The van der Waals surface area contributed by atoms with Gasteiger partial charge in [-0.1, -0.05) is 6.07 Å². The molecule has 0 saturated heterocycles. The van der Waals surface area contributed by atoms with Crippen LogP contribution in [0.2, 0.25) is 0 Å². The van der Waals surface area contributed by atoms with E-state index in [1.54, 1.807) is 42.5 Å². The van der Waals surface area contributed by atoms with Crippen LogP contribution in [0.5, 0.6) is 11.5 Å². The summed E-state index contributed by atoms with van der Waals surface area (Å²) in [4.78, 5) is 11.3. The van der Waals surface area contributed by atoms with Gasteiger partial charge in [0.25, 0.3) is 0 Å². The largest absolute Gasteiger partial charge is 0.478 e. The summed E-state index contributed by atoms with van der Waals surface area (Å²) in [5.41, 5.74) is 2.12. The maximum absolute atomic E-state index is 12.8. The Morgan fingerprint density at radius 2 is 1.30 bits per heavy atom. The molecule has 0 aliphatic carbocycles. The Labute approximate surface area is 157 Å². The first-order chi connectivity index (χ1) is 12.8. The Morgan fingerprint density at radius 1 is 0.778 bits per heavy atom. The monoisotopic (exact) mass is 382 g/mol. The Balaban J connectivity index is 1.82. The van der Waals surface area contributed by atoms with Crippen molar-refractivity contribution in [3.8, 4) is 11.5 Å². The van der Waals surface area contributed by atoms with Gasteiger partial charge in [0, 0.05) is 0 Å². The number of sulfone groups is 1. The van der Waals surface area contributed by atoms with Gasteiger partial charge in [-0.05, 0) is 85.6 Å². The van der Waals surface area contributed by atoms with Gasteiger partial charge in [-0.3, -0.25) is 0 Å². The van der Waals surface area contributed by atoms with Crippen molar-refractivity contribution in [3.63, 3.8) is 0 Å². The first-order valence-electron chi connectivity index (χ1n) is 8.21. The van der Waals surface area contributed by atoms with Gasteiger partial charge in [0.2, 0.25) is 9.84 Å². The minimum Gasteiger partial charge on any atom is -0.478 e. The third-order valence-corrected chi connectivity index (χ3v) is 6.03. The lowest BCUT2D eigenvalue weighted by Crippen LogP contribution is -2.02. The standard InChI is InChI=1S/C21H18O5S/c1-14-3-10-20(13-15(14)2)27(24,25)19-11-8-18(9-12-19)26-17-6-4-16(5-7-17)21(22)23/h3-13H,1-2H3,(H,22,23). The highest BCUT2D eigenvalue weighted by Crippen LogP contribution is 2.27. The molecule has 3 rings (SSSR count). The van der Waals surface area contributed by atoms with Crippen molar-refractivity contribution in [2.45, 2.75) is 23.6 Å². The lowest BCUT2D eigenvalue weighted by Gasteiger charge is -2.09. The molecule has 0 radical (unpaired) electrons. The van der Waals surface area contributed by atoms with E-state index in [0.29, 0.717) is 11.5 Å². The number of hydrogen-bond acceptors (Lipinski definition) is 4. The molecule has 0 amide bonds. The van der Waals surface area contributed by atoms with Crippen LogP contribution in [0.15, 0.2) is 76.5 Å². The second-order valence-corrected chi connectivity index (χ2v) is 8.10. The molecule has 0 unspecified atom stereocenters. The molecule has 0 heterocycles. The first kappa shape index (κ1) is 18.7. The number of benzene rings is 3. The normalized spacial score (nSPS) is 11.2. The minimum absolute atomic E-state index is 0.164. The predicted octanol–water partition coefficient (Wildman–Crippen LogP) is 4.63. The third kappa shape index (κ3) is 4.01. The number of carboxylic acid groups (broad SMARTS) is 1. The Kier molecular flexibility index (Phi) is 5.01. The molecule has 0 fully saturated rings. The van der Waals surface area contributed by atoms with Gasteiger partial charge in [-0.15, -0.1) is 0 Å². The maximum Gasteiger partial charge on any atom is 0.335 e. The van der Waals surface area contributed by atoms with Crippen molar-refractivity contribution in [2.75, 3.05) is 0 Å². The Morgan fingerprint density at radius 3 is 1.81 bits per heavy atom. The fourth-order valence-electron chi connectivity index (χ4n) is 2.51. The fourth-order valence-corrected chi connectivity index (χ4v) is 3.85. The molecule has 0 aromatic heterocycles. The molecule has 0 spiro atoms. The maximum atomic E-state index is 12.8. The lowest BCUT2D eigenvalue weighted by molar-refractivity contribution is 0.0697. The zero-order valence-electron chi connectivity index (χ0n) is 14.8. The topological polar surface area (TPSA) is 80.7 Å². The Hall–Kier alpha value is -3.12. The highest BCUT2D eigenvalue weighted by Gasteiger charge is 2.18. The summed E-state index contributed by atoms with van der Waals surface area (Å²) < 4.78 is 31.2. The summed E-state index contributed by atoms with van der Waals surface area (Å²) in [7, 11) is -3.60. The minimum atomic E-state index is -3.60. The molecule has 5 nitrogen and oxygen atoms in total. The van der Waals surface area contributed by atoms with Crippen LogP contribution in [-0.2, 0) is 9.84 Å². The van der Waals surface area contributed by atoms with Crippen LogP contribution < -0.4 is 4.74 Å². The van der Waals surface area contributed by atoms with E-state index in [4.69, 9.17) is 9.84 Å². The van der Waals surface area contributed by atoms with Crippen LogP contribution in [0.1, 0.15) is 21.5 Å². The van der Waals surface area contributed by atoms with Crippen LogP contribution in [0.3, 0.4) is 0 Å². The van der Waals surface area contributed by atoms with E-state index in [1.165, 1.54) is 24.3 Å². The van der Waals surface area contributed by atoms with Gasteiger partial charge >= 0.3 is 5.97 Å². The molecule has 0 aliphatic heterocycles. The van der Waals surface area contributed by atoms with Crippen molar-refractivity contribution >= 4 is 15.8 Å². The van der Waals surface area contributed by atoms with E-state index in [2.05, 4.69) is 0 Å². The highest BCUT2D eigenvalue weighted by atomic mass is 32.2. The number of hydrogen-bond donors (Lipinski definition) is 1. The van der Waals surface area contributed by atoms with Crippen LogP contribution in [-0.4, -0.2) is 19.5 Å². The first-order valence-corrected chi connectivity index (χ1v) is 9.69. The molecule has 0 bridgehead atoms. The predicted molar refractivity (Wildman–Crippen MR) is 101 cm³/mol. The lowest BCUT2D eigenvalue weighted by atomic mass is 10.1. The Bertz CT molecular complexity index is 1080. The van der Waals surface area contributed by atoms with Crippen molar-refractivity contribution in [3.05, 3.63) is 83.4 Å². The van der Waals surface area contributed by atoms with Gasteiger partial charge in [0.15, 0.2) is 0 Å². The summed E-state index contributed by atoms with van der Waals surface area (Å²) in [6, 6.07) is 17.2. The average Bonchev–Trinajstić information content (AvgIpc) is 2.65. The number of aryl methyl sites for hydroxylation is 2. The number of ether oxygens (including phenoxy) is 1. The molecular weight excluding hydrogens is 364 g/mol. The van der Waals surface area contributed by atoms with Gasteiger partial charge in [-0.2, -0.15) is 0 Å². The van der Waals surface area contributed by atoms with Gasteiger partial charge < -0.3 is 9.84 Å².